The number of hydrogen-bond donors (Lipinski definition) is 3. The summed E-state index contributed by atoms with van der Waals surface area (Å²) in [7, 11) is 0. The average Bonchev–Trinajstić information content (AvgIpc) is 3.12. The number of hydrogen-bond acceptors (Lipinski definition) is 12. The molecule has 0 spiro atoms. The van der Waals surface area contributed by atoms with Gasteiger partial charge in [-0.05, 0) is 100 Å². The van der Waals surface area contributed by atoms with Crippen LogP contribution in [0.4, 0.5) is 29.0 Å². The van der Waals surface area contributed by atoms with Gasteiger partial charge in [-0.15, -0.1) is 10.2 Å². The van der Waals surface area contributed by atoms with Crippen molar-refractivity contribution in [1.82, 2.24) is 45.2 Å². The predicted octanol–water partition coefficient (Wildman–Crippen LogP) is 7.76. The van der Waals surface area contributed by atoms with Crippen molar-refractivity contribution in [3.63, 3.8) is 0 Å². The number of anilines is 5. The Morgan fingerprint density at radius 3 is 1.88 bits per heavy atom. The highest BCUT2D eigenvalue weighted by Gasteiger charge is 2.21. The van der Waals surface area contributed by atoms with Gasteiger partial charge in [0.25, 0.3) is 0 Å². The second-order valence-corrected chi connectivity index (χ2v) is 14.0. The zero-order valence-corrected chi connectivity index (χ0v) is 30.9. The predicted molar refractivity (Wildman–Crippen MR) is 204 cm³/mol. The molecule has 1 aliphatic rings. The number of fused-ring (bicyclic) bond motifs is 2. The van der Waals surface area contributed by atoms with Gasteiger partial charge < -0.3 is 20.9 Å². The summed E-state index contributed by atoms with van der Waals surface area (Å²) >= 11 is 3.40. The van der Waals surface area contributed by atoms with Crippen LogP contribution in [0.2, 0.25) is 0 Å². The number of piperidine rings is 1. The SMILES string of the molecule is CC(=O)N1CCCC(Nc2cnc3ccc(Nc4cc(C(C)C)cnn4)nc3c2)C1.CC(C)c1cnnc(Nc2ccc3ncc(Br)cc3n2)c1. The molecule has 1 saturated heterocycles. The summed E-state index contributed by atoms with van der Waals surface area (Å²) in [5, 5.41) is 26.3. The third-order valence-corrected chi connectivity index (χ3v) is 8.91. The molecule has 6 aromatic rings. The van der Waals surface area contributed by atoms with Crippen LogP contribution in [0.25, 0.3) is 22.1 Å². The molecule has 13 nitrogen and oxygen atoms in total. The van der Waals surface area contributed by atoms with E-state index in [2.05, 4.69) is 94.9 Å². The lowest BCUT2D eigenvalue weighted by Gasteiger charge is -2.33. The summed E-state index contributed by atoms with van der Waals surface area (Å²) in [6, 6.07) is 15.8. The number of carbonyl (C=O) groups is 1. The number of carbonyl (C=O) groups excluding carboxylic acids is 1. The number of rotatable bonds is 8. The van der Waals surface area contributed by atoms with Gasteiger partial charge in [-0.2, -0.15) is 10.2 Å². The van der Waals surface area contributed by atoms with Crippen molar-refractivity contribution in [2.45, 2.75) is 65.3 Å². The Bertz CT molecular complexity index is 2140. The number of likely N-dealkylation sites (tertiary alicyclic amines) is 1. The smallest absolute Gasteiger partial charge is 0.219 e. The lowest BCUT2D eigenvalue weighted by molar-refractivity contribution is -0.129. The standard InChI is InChI=1S/C22H27N7O.C15H14BrN5/c1-14(2)16-9-22(28-24-11-16)27-21-7-6-19-20(26-21)10-18(12-23-19)25-17-5-4-8-29(13-17)15(3)30;1-9(2)10-5-15(21-18-7-10)20-14-4-3-12-13(19-14)6-11(16)8-17-12/h6-7,9-12,14,17,25H,4-5,8,13H2,1-3H3,(H,26,27,28);3-9H,1-2H3,(H,19,20,21). The van der Waals surface area contributed by atoms with E-state index in [4.69, 9.17) is 4.98 Å². The molecule has 0 aromatic carbocycles. The highest BCUT2D eigenvalue weighted by molar-refractivity contribution is 9.10. The maximum atomic E-state index is 11.7. The zero-order chi connectivity index (χ0) is 35.9. The minimum absolute atomic E-state index is 0.125. The maximum Gasteiger partial charge on any atom is 0.219 e. The van der Waals surface area contributed by atoms with Gasteiger partial charge in [-0.1, -0.05) is 27.7 Å². The fraction of sp³-hybridized carbons (Fsp3) is 0.324. The quantitative estimate of drug-likeness (QED) is 0.139. The molecule has 51 heavy (non-hydrogen) atoms. The van der Waals surface area contributed by atoms with E-state index in [1.165, 1.54) is 0 Å². The fourth-order valence-electron chi connectivity index (χ4n) is 5.60. The summed E-state index contributed by atoms with van der Waals surface area (Å²) in [4.78, 5) is 31.6. The average molecular weight is 750 g/mol. The molecule has 7 heterocycles. The number of halogens is 1. The Morgan fingerprint density at radius 2 is 1.31 bits per heavy atom. The minimum Gasteiger partial charge on any atom is -0.379 e. The molecule has 3 N–H and O–H groups in total. The molecule has 262 valence electrons. The van der Waals surface area contributed by atoms with Crippen LogP contribution in [0, 0.1) is 0 Å². The van der Waals surface area contributed by atoms with Crippen molar-refractivity contribution >= 4 is 72.9 Å². The first-order valence-electron chi connectivity index (χ1n) is 17.0. The van der Waals surface area contributed by atoms with Crippen LogP contribution in [-0.2, 0) is 4.79 Å². The topological polar surface area (TPSA) is 160 Å². The van der Waals surface area contributed by atoms with Crippen molar-refractivity contribution in [2.75, 3.05) is 29.0 Å². The first-order chi connectivity index (χ1) is 24.6. The van der Waals surface area contributed by atoms with Crippen LogP contribution >= 0.6 is 15.9 Å². The number of pyridine rings is 4. The van der Waals surface area contributed by atoms with Crippen LogP contribution in [0.3, 0.4) is 0 Å². The van der Waals surface area contributed by atoms with E-state index in [0.717, 1.165) is 68.6 Å². The Hall–Kier alpha value is -5.37. The molecule has 0 aliphatic carbocycles. The number of aromatic nitrogens is 8. The van der Waals surface area contributed by atoms with Gasteiger partial charge in [0.05, 0.1) is 46.3 Å². The second kappa shape index (κ2) is 16.1. The van der Waals surface area contributed by atoms with E-state index < -0.39 is 0 Å². The molecule has 1 atom stereocenters. The van der Waals surface area contributed by atoms with Crippen LogP contribution in [0.1, 0.15) is 70.4 Å². The molecule has 0 saturated carbocycles. The minimum atomic E-state index is 0.125. The van der Waals surface area contributed by atoms with Crippen LogP contribution in [-0.4, -0.2) is 70.3 Å². The second-order valence-electron chi connectivity index (χ2n) is 13.1. The van der Waals surface area contributed by atoms with Gasteiger partial charge >= 0.3 is 0 Å². The Morgan fingerprint density at radius 1 is 0.745 bits per heavy atom. The van der Waals surface area contributed by atoms with E-state index in [1.807, 2.05) is 59.6 Å². The first-order valence-corrected chi connectivity index (χ1v) is 17.8. The summed E-state index contributed by atoms with van der Waals surface area (Å²) in [5.41, 5.74) is 6.45. The van der Waals surface area contributed by atoms with Crippen molar-refractivity contribution in [3.05, 3.63) is 88.9 Å². The molecule has 0 bridgehead atoms. The molecule has 7 rings (SSSR count). The van der Waals surface area contributed by atoms with Crippen LogP contribution in [0.15, 0.2) is 77.8 Å². The molecular formula is C37H41BrN12O. The van der Waals surface area contributed by atoms with Gasteiger partial charge in [-0.25, -0.2) is 9.97 Å². The Kier molecular flexibility index (Phi) is 11.2. The third kappa shape index (κ3) is 9.45. The van der Waals surface area contributed by atoms with Crippen LogP contribution < -0.4 is 16.0 Å². The molecule has 1 aliphatic heterocycles. The van der Waals surface area contributed by atoms with Gasteiger partial charge in [-0.3, -0.25) is 14.8 Å². The Labute approximate surface area is 305 Å². The van der Waals surface area contributed by atoms with Gasteiger partial charge in [0.1, 0.15) is 11.6 Å². The molecular weight excluding hydrogens is 708 g/mol. The first kappa shape index (κ1) is 35.5. The van der Waals surface area contributed by atoms with E-state index >= 15 is 0 Å². The number of nitrogens with zero attached hydrogens (tertiary/aromatic N) is 9. The molecule has 1 unspecified atom stereocenters. The summed E-state index contributed by atoms with van der Waals surface area (Å²) in [6.07, 6.45) is 9.17. The highest BCUT2D eigenvalue weighted by Crippen LogP contribution is 2.24. The van der Waals surface area contributed by atoms with E-state index in [1.54, 1.807) is 25.5 Å². The molecule has 1 amide bonds. The third-order valence-electron chi connectivity index (χ3n) is 8.48. The lowest BCUT2D eigenvalue weighted by Crippen LogP contribution is -2.44. The van der Waals surface area contributed by atoms with Crippen molar-refractivity contribution in [3.8, 4) is 0 Å². The van der Waals surface area contributed by atoms with E-state index in [-0.39, 0.29) is 11.9 Å². The maximum absolute atomic E-state index is 11.7. The fourth-order valence-corrected chi connectivity index (χ4v) is 5.92. The summed E-state index contributed by atoms with van der Waals surface area (Å²) in [6.45, 7) is 11.7. The molecule has 14 heteroatoms. The van der Waals surface area contributed by atoms with Crippen molar-refractivity contribution < 1.29 is 4.79 Å². The summed E-state index contributed by atoms with van der Waals surface area (Å²) in [5.74, 6) is 3.68. The summed E-state index contributed by atoms with van der Waals surface area (Å²) < 4.78 is 0.904. The molecule has 6 aromatic heterocycles. The van der Waals surface area contributed by atoms with E-state index in [0.29, 0.717) is 35.8 Å². The van der Waals surface area contributed by atoms with Crippen molar-refractivity contribution in [1.29, 1.82) is 0 Å². The zero-order valence-electron chi connectivity index (χ0n) is 29.3. The molecule has 0 radical (unpaired) electrons. The monoisotopic (exact) mass is 748 g/mol. The van der Waals surface area contributed by atoms with Gasteiger partial charge in [0.15, 0.2) is 11.6 Å². The normalized spacial score (nSPS) is 14.4. The lowest BCUT2D eigenvalue weighted by atomic mass is 10.1. The largest absolute Gasteiger partial charge is 0.379 e. The van der Waals surface area contributed by atoms with E-state index in [9.17, 15) is 4.79 Å². The molecule has 1 fully saturated rings. The number of amides is 1. The van der Waals surface area contributed by atoms with Gasteiger partial charge in [0.2, 0.25) is 5.91 Å². The Balaban J connectivity index is 0.000000187. The van der Waals surface area contributed by atoms with Gasteiger partial charge in [0, 0.05) is 36.7 Å². The van der Waals surface area contributed by atoms with Crippen molar-refractivity contribution in [2.24, 2.45) is 0 Å². The highest BCUT2D eigenvalue weighted by atomic mass is 79.9. The van der Waals surface area contributed by atoms with Crippen LogP contribution in [0.5, 0.6) is 0 Å². The number of nitrogens with one attached hydrogen (secondary N) is 3.